The maximum Gasteiger partial charge on any atom is 0.338 e. The van der Waals surface area contributed by atoms with E-state index in [-0.39, 0.29) is 17.9 Å². The van der Waals surface area contributed by atoms with Gasteiger partial charge in [-0.15, -0.1) is 0 Å². The van der Waals surface area contributed by atoms with Gasteiger partial charge in [-0.2, -0.15) is 0 Å². The van der Waals surface area contributed by atoms with Gasteiger partial charge in [0.1, 0.15) is 5.54 Å². The van der Waals surface area contributed by atoms with Crippen LogP contribution in [0.25, 0.3) is 0 Å². The first-order chi connectivity index (χ1) is 8.94. The highest BCUT2D eigenvalue weighted by Crippen LogP contribution is 2.23. The van der Waals surface area contributed by atoms with Crippen molar-refractivity contribution in [3.05, 3.63) is 29.3 Å². The Balaban J connectivity index is 2.26. The van der Waals surface area contributed by atoms with E-state index in [2.05, 4.69) is 5.32 Å². The lowest BCUT2D eigenvalue weighted by Gasteiger charge is -2.21. The molecule has 1 unspecified atom stereocenters. The van der Waals surface area contributed by atoms with Gasteiger partial charge in [0.25, 0.3) is 0 Å². The highest BCUT2D eigenvalue weighted by Gasteiger charge is 2.38. The smallest absolute Gasteiger partial charge is 0.338 e. The van der Waals surface area contributed by atoms with Crippen LogP contribution in [0, 0.1) is 6.92 Å². The van der Waals surface area contributed by atoms with Gasteiger partial charge < -0.3 is 20.9 Å². The largest absolute Gasteiger partial charge is 0.478 e. The second kappa shape index (κ2) is 4.99. The van der Waals surface area contributed by atoms with Crippen molar-refractivity contribution >= 4 is 17.6 Å². The van der Waals surface area contributed by atoms with Gasteiger partial charge in [-0.25, -0.2) is 4.79 Å². The maximum absolute atomic E-state index is 12.1. The standard InChI is InChI=1S/C13H16N2O4/c1-8-3-2-4-9(10(8)11(16)17)15-12(18)13(14)5-6-19-7-13/h2-4H,5-7,14H2,1H3,(H,15,18)(H,16,17). The van der Waals surface area contributed by atoms with Crippen LogP contribution >= 0.6 is 0 Å². The number of anilines is 1. The Morgan fingerprint density at radius 1 is 1.47 bits per heavy atom. The molecule has 1 heterocycles. The Labute approximate surface area is 110 Å². The summed E-state index contributed by atoms with van der Waals surface area (Å²) in [6.07, 6.45) is 0.424. The third-order valence-corrected chi connectivity index (χ3v) is 3.24. The molecule has 102 valence electrons. The van der Waals surface area contributed by atoms with E-state index in [9.17, 15) is 14.7 Å². The van der Waals surface area contributed by atoms with E-state index in [1.807, 2.05) is 0 Å². The molecule has 0 radical (unpaired) electrons. The molecule has 0 spiro atoms. The first-order valence-electron chi connectivity index (χ1n) is 5.95. The molecule has 6 heteroatoms. The Morgan fingerprint density at radius 3 is 2.79 bits per heavy atom. The highest BCUT2D eigenvalue weighted by molar-refractivity contribution is 6.04. The predicted octanol–water partition coefficient (Wildman–Crippen LogP) is 0.750. The first-order valence-corrected chi connectivity index (χ1v) is 5.95. The molecule has 0 aromatic heterocycles. The fraction of sp³-hybridized carbons (Fsp3) is 0.385. The van der Waals surface area contributed by atoms with Gasteiger partial charge in [-0.05, 0) is 25.0 Å². The number of aromatic carboxylic acids is 1. The van der Waals surface area contributed by atoms with Crippen LogP contribution in [0.3, 0.4) is 0 Å². The lowest BCUT2D eigenvalue weighted by molar-refractivity contribution is -0.121. The number of nitrogens with one attached hydrogen (secondary N) is 1. The molecule has 0 saturated carbocycles. The minimum Gasteiger partial charge on any atom is -0.478 e. The zero-order valence-electron chi connectivity index (χ0n) is 10.6. The van der Waals surface area contributed by atoms with Crippen LogP contribution in [0.2, 0.25) is 0 Å². The number of benzene rings is 1. The van der Waals surface area contributed by atoms with Crippen molar-refractivity contribution in [1.82, 2.24) is 0 Å². The monoisotopic (exact) mass is 264 g/mol. The van der Waals surface area contributed by atoms with Gasteiger partial charge in [0.05, 0.1) is 17.9 Å². The summed E-state index contributed by atoms with van der Waals surface area (Å²) in [5.41, 5.74) is 5.77. The highest BCUT2D eigenvalue weighted by atomic mass is 16.5. The minimum atomic E-state index is -1.08. The van der Waals surface area contributed by atoms with Crippen molar-refractivity contribution in [2.24, 2.45) is 5.73 Å². The zero-order chi connectivity index (χ0) is 14.0. The number of hydrogen-bond acceptors (Lipinski definition) is 4. The number of carbonyl (C=O) groups excluding carboxylic acids is 1. The molecule has 1 atom stereocenters. The van der Waals surface area contributed by atoms with Crippen LogP contribution in [-0.2, 0) is 9.53 Å². The Hall–Kier alpha value is -1.92. The molecule has 4 N–H and O–H groups in total. The van der Waals surface area contributed by atoms with E-state index in [1.165, 1.54) is 0 Å². The number of rotatable bonds is 3. The Bertz CT molecular complexity index is 521. The van der Waals surface area contributed by atoms with Crippen LogP contribution in [0.5, 0.6) is 0 Å². The summed E-state index contributed by atoms with van der Waals surface area (Å²) >= 11 is 0. The molecule has 2 rings (SSSR count). The van der Waals surface area contributed by atoms with Gasteiger partial charge in [-0.1, -0.05) is 12.1 Å². The summed E-state index contributed by atoms with van der Waals surface area (Å²) in [5.74, 6) is -1.50. The van der Waals surface area contributed by atoms with Gasteiger partial charge in [-0.3, -0.25) is 4.79 Å². The molecular formula is C13H16N2O4. The number of carboxylic acid groups (broad SMARTS) is 1. The van der Waals surface area contributed by atoms with E-state index >= 15 is 0 Å². The zero-order valence-corrected chi connectivity index (χ0v) is 10.6. The van der Waals surface area contributed by atoms with Gasteiger partial charge in [0.2, 0.25) is 5.91 Å². The molecule has 0 bridgehead atoms. The lowest BCUT2D eigenvalue weighted by atomic mass is 9.98. The van der Waals surface area contributed by atoms with Gasteiger partial charge >= 0.3 is 5.97 Å². The van der Waals surface area contributed by atoms with Crippen LogP contribution in [0.1, 0.15) is 22.3 Å². The number of ether oxygens (including phenoxy) is 1. The normalized spacial score (nSPS) is 22.2. The van der Waals surface area contributed by atoms with Crippen LogP contribution in [0.15, 0.2) is 18.2 Å². The summed E-state index contributed by atoms with van der Waals surface area (Å²) < 4.78 is 5.12. The van der Waals surface area contributed by atoms with Gasteiger partial charge in [0.15, 0.2) is 0 Å². The second-order valence-electron chi connectivity index (χ2n) is 4.72. The third-order valence-electron chi connectivity index (χ3n) is 3.24. The van der Waals surface area contributed by atoms with Crippen LogP contribution < -0.4 is 11.1 Å². The van der Waals surface area contributed by atoms with Crippen molar-refractivity contribution in [3.63, 3.8) is 0 Å². The molecule has 19 heavy (non-hydrogen) atoms. The van der Waals surface area contributed by atoms with Crippen molar-refractivity contribution in [1.29, 1.82) is 0 Å². The van der Waals surface area contributed by atoms with E-state index < -0.39 is 17.4 Å². The second-order valence-corrected chi connectivity index (χ2v) is 4.72. The number of carbonyl (C=O) groups is 2. The molecule has 1 aromatic carbocycles. The SMILES string of the molecule is Cc1cccc(NC(=O)C2(N)CCOC2)c1C(=O)O. The molecule has 6 nitrogen and oxygen atoms in total. The summed E-state index contributed by atoms with van der Waals surface area (Å²) in [6, 6.07) is 4.91. The fourth-order valence-corrected chi connectivity index (χ4v) is 2.06. The molecule has 1 fully saturated rings. The van der Waals surface area contributed by atoms with Gasteiger partial charge in [0, 0.05) is 6.61 Å². The quantitative estimate of drug-likeness (QED) is 0.747. The average molecular weight is 264 g/mol. The number of amides is 1. The average Bonchev–Trinajstić information content (AvgIpc) is 2.77. The molecule has 1 saturated heterocycles. The van der Waals surface area contributed by atoms with E-state index in [0.29, 0.717) is 18.6 Å². The lowest BCUT2D eigenvalue weighted by Crippen LogP contribution is -2.51. The van der Waals surface area contributed by atoms with E-state index in [0.717, 1.165) is 0 Å². The molecule has 1 aromatic rings. The van der Waals surface area contributed by atoms with Crippen molar-refractivity contribution in [3.8, 4) is 0 Å². The Morgan fingerprint density at radius 2 is 2.21 bits per heavy atom. The molecule has 0 aliphatic carbocycles. The summed E-state index contributed by atoms with van der Waals surface area (Å²) in [6.45, 7) is 2.26. The number of hydrogen-bond donors (Lipinski definition) is 3. The fourth-order valence-electron chi connectivity index (χ4n) is 2.06. The first kappa shape index (κ1) is 13.5. The van der Waals surface area contributed by atoms with Crippen LogP contribution in [0.4, 0.5) is 5.69 Å². The summed E-state index contributed by atoms with van der Waals surface area (Å²) in [4.78, 5) is 23.3. The number of carboxylic acids is 1. The topological polar surface area (TPSA) is 102 Å². The van der Waals surface area contributed by atoms with E-state index in [1.54, 1.807) is 25.1 Å². The molecule has 1 aliphatic heterocycles. The van der Waals surface area contributed by atoms with E-state index in [4.69, 9.17) is 10.5 Å². The predicted molar refractivity (Wildman–Crippen MR) is 69.1 cm³/mol. The molecule has 1 amide bonds. The molecule has 1 aliphatic rings. The van der Waals surface area contributed by atoms with Crippen LogP contribution in [-0.4, -0.2) is 35.7 Å². The minimum absolute atomic E-state index is 0.0818. The molecular weight excluding hydrogens is 248 g/mol. The number of nitrogens with two attached hydrogens (primary N) is 1. The van der Waals surface area contributed by atoms with Crippen molar-refractivity contribution < 1.29 is 19.4 Å². The Kier molecular flexibility index (Phi) is 3.55. The third kappa shape index (κ3) is 2.59. The van der Waals surface area contributed by atoms with Crippen molar-refractivity contribution in [2.45, 2.75) is 18.9 Å². The number of aryl methyl sites for hydroxylation is 1. The summed E-state index contributed by atoms with van der Waals surface area (Å²) in [7, 11) is 0. The maximum atomic E-state index is 12.1. The van der Waals surface area contributed by atoms with Crippen molar-refractivity contribution in [2.75, 3.05) is 18.5 Å². The summed E-state index contributed by atoms with van der Waals surface area (Å²) in [5, 5.41) is 11.8.